The zero-order valence-electron chi connectivity index (χ0n) is 19.0. The van der Waals surface area contributed by atoms with Crippen molar-refractivity contribution in [2.45, 2.75) is 31.3 Å². The number of rotatable bonds is 8. The summed E-state index contributed by atoms with van der Waals surface area (Å²) >= 11 is 6.12. The van der Waals surface area contributed by atoms with Crippen molar-refractivity contribution >= 4 is 29.6 Å². The predicted molar refractivity (Wildman–Crippen MR) is 132 cm³/mol. The summed E-state index contributed by atoms with van der Waals surface area (Å²) in [4.78, 5) is 37.2. The van der Waals surface area contributed by atoms with E-state index in [1.807, 2.05) is 48.5 Å². The number of aliphatic carboxylic acids is 1. The van der Waals surface area contributed by atoms with Crippen LogP contribution < -0.4 is 10.6 Å². The first-order valence-electron chi connectivity index (χ1n) is 11.3. The third-order valence-corrected chi connectivity index (χ3v) is 6.45. The van der Waals surface area contributed by atoms with Crippen molar-refractivity contribution in [3.8, 4) is 11.1 Å². The van der Waals surface area contributed by atoms with Gasteiger partial charge in [-0.1, -0.05) is 85.3 Å². The molecule has 0 saturated heterocycles. The molecule has 3 aromatic carbocycles. The van der Waals surface area contributed by atoms with Crippen LogP contribution in [-0.4, -0.2) is 35.7 Å². The van der Waals surface area contributed by atoms with Gasteiger partial charge in [-0.3, -0.25) is 4.79 Å². The quantitative estimate of drug-likeness (QED) is 0.415. The summed E-state index contributed by atoms with van der Waals surface area (Å²) in [5.74, 6) is -2.02. The molecule has 35 heavy (non-hydrogen) atoms. The van der Waals surface area contributed by atoms with Gasteiger partial charge in [0, 0.05) is 16.5 Å². The Morgan fingerprint density at radius 3 is 2.06 bits per heavy atom. The fourth-order valence-electron chi connectivity index (χ4n) is 4.36. The van der Waals surface area contributed by atoms with Crippen LogP contribution in [0.25, 0.3) is 11.1 Å². The molecule has 0 saturated carbocycles. The van der Waals surface area contributed by atoms with E-state index in [4.69, 9.17) is 16.3 Å². The van der Waals surface area contributed by atoms with Crippen LogP contribution in [0.1, 0.15) is 42.0 Å². The molecule has 7 nitrogen and oxygen atoms in total. The van der Waals surface area contributed by atoms with E-state index in [1.165, 1.54) is 6.07 Å². The van der Waals surface area contributed by atoms with E-state index in [2.05, 4.69) is 10.6 Å². The molecular formula is C27H25ClN2O5. The van der Waals surface area contributed by atoms with Gasteiger partial charge in [-0.05, 0) is 34.7 Å². The van der Waals surface area contributed by atoms with Crippen LogP contribution in [0, 0.1) is 0 Å². The first-order valence-corrected chi connectivity index (χ1v) is 11.7. The van der Waals surface area contributed by atoms with Crippen LogP contribution in [0.5, 0.6) is 0 Å². The second-order valence-corrected chi connectivity index (χ2v) is 8.64. The first-order chi connectivity index (χ1) is 16.9. The normalized spacial score (nSPS) is 13.8. The lowest BCUT2D eigenvalue weighted by atomic mass is 9.98. The summed E-state index contributed by atoms with van der Waals surface area (Å²) in [6.45, 7) is 1.81. The molecule has 4 rings (SSSR count). The number of hydrogen-bond acceptors (Lipinski definition) is 4. The Morgan fingerprint density at radius 1 is 0.914 bits per heavy atom. The van der Waals surface area contributed by atoms with Gasteiger partial charge in [0.15, 0.2) is 6.04 Å². The standard InChI is InChI=1S/C27H25ClN2O5/c1-2-23(25(31)30-24(26(32)33)20-13-7-8-14-22(20)28)29-27(34)35-15-21-18-11-5-3-9-16(18)17-10-4-6-12-19(17)21/h3-14,21,23-24H,2,15H2,1H3,(H,29,34)(H,30,31)(H,32,33)/t23?,24-/m1/s1. The Morgan fingerprint density at radius 2 is 1.49 bits per heavy atom. The zero-order valence-corrected chi connectivity index (χ0v) is 19.8. The lowest BCUT2D eigenvalue weighted by Crippen LogP contribution is -2.48. The van der Waals surface area contributed by atoms with Crippen LogP contribution in [0.2, 0.25) is 5.02 Å². The topological polar surface area (TPSA) is 105 Å². The van der Waals surface area contributed by atoms with Crippen molar-refractivity contribution in [2.24, 2.45) is 0 Å². The molecule has 8 heteroatoms. The highest BCUT2D eigenvalue weighted by atomic mass is 35.5. The average Bonchev–Trinajstić information content (AvgIpc) is 3.18. The number of alkyl carbamates (subject to hydrolysis) is 1. The van der Waals surface area contributed by atoms with Crippen molar-refractivity contribution in [1.82, 2.24) is 10.6 Å². The highest BCUT2D eigenvalue weighted by Gasteiger charge is 2.31. The minimum Gasteiger partial charge on any atom is -0.479 e. The summed E-state index contributed by atoms with van der Waals surface area (Å²) in [6, 6.07) is 20.0. The molecule has 180 valence electrons. The minimum atomic E-state index is -1.35. The number of benzene rings is 3. The number of amides is 2. The monoisotopic (exact) mass is 492 g/mol. The van der Waals surface area contributed by atoms with Crippen molar-refractivity contribution < 1.29 is 24.2 Å². The minimum absolute atomic E-state index is 0.106. The number of fused-ring (bicyclic) bond motifs is 3. The average molecular weight is 493 g/mol. The highest BCUT2D eigenvalue weighted by molar-refractivity contribution is 6.31. The summed E-state index contributed by atoms with van der Waals surface area (Å²) in [5.41, 5.74) is 4.64. The molecule has 0 fully saturated rings. The summed E-state index contributed by atoms with van der Waals surface area (Å²) in [6.07, 6.45) is -0.510. The number of carbonyl (C=O) groups excluding carboxylic acids is 2. The number of carbonyl (C=O) groups is 3. The van der Waals surface area contributed by atoms with Gasteiger partial charge in [-0.15, -0.1) is 0 Å². The summed E-state index contributed by atoms with van der Waals surface area (Å²) < 4.78 is 5.51. The number of hydrogen-bond donors (Lipinski definition) is 3. The highest BCUT2D eigenvalue weighted by Crippen LogP contribution is 2.44. The lowest BCUT2D eigenvalue weighted by molar-refractivity contribution is -0.142. The maximum Gasteiger partial charge on any atom is 0.407 e. The fraction of sp³-hybridized carbons (Fsp3) is 0.222. The third-order valence-electron chi connectivity index (χ3n) is 6.11. The van der Waals surface area contributed by atoms with Crippen LogP contribution in [0.4, 0.5) is 4.79 Å². The van der Waals surface area contributed by atoms with E-state index < -0.39 is 30.1 Å². The Balaban J connectivity index is 1.40. The van der Waals surface area contributed by atoms with Crippen LogP contribution in [0.15, 0.2) is 72.8 Å². The first kappa shape index (κ1) is 24.3. The summed E-state index contributed by atoms with van der Waals surface area (Å²) in [5, 5.41) is 14.8. The molecule has 1 aliphatic rings. The van der Waals surface area contributed by atoms with Crippen molar-refractivity contribution in [2.75, 3.05) is 6.61 Å². The fourth-order valence-corrected chi connectivity index (χ4v) is 4.60. The number of ether oxygens (including phenoxy) is 1. The number of carboxylic acids is 1. The Bertz CT molecular complexity index is 1220. The molecular weight excluding hydrogens is 468 g/mol. The van der Waals surface area contributed by atoms with Gasteiger partial charge in [0.05, 0.1) is 0 Å². The number of nitrogens with one attached hydrogen (secondary N) is 2. The van der Waals surface area contributed by atoms with Gasteiger partial charge in [-0.2, -0.15) is 0 Å². The molecule has 0 aromatic heterocycles. The van der Waals surface area contributed by atoms with Crippen molar-refractivity contribution in [3.05, 3.63) is 94.5 Å². The molecule has 2 amide bonds. The van der Waals surface area contributed by atoms with Gasteiger partial charge < -0.3 is 20.5 Å². The molecule has 3 aromatic rings. The maximum absolute atomic E-state index is 12.8. The second kappa shape index (κ2) is 10.6. The van der Waals surface area contributed by atoms with E-state index in [1.54, 1.807) is 25.1 Å². The van der Waals surface area contributed by atoms with E-state index in [9.17, 15) is 19.5 Å². The number of halogens is 1. The van der Waals surface area contributed by atoms with Crippen molar-refractivity contribution in [1.29, 1.82) is 0 Å². The van der Waals surface area contributed by atoms with E-state index in [0.29, 0.717) is 0 Å². The molecule has 1 unspecified atom stereocenters. The van der Waals surface area contributed by atoms with Crippen LogP contribution >= 0.6 is 11.6 Å². The Kier molecular flexibility index (Phi) is 7.36. The third kappa shape index (κ3) is 5.15. The molecule has 0 radical (unpaired) electrons. The van der Waals surface area contributed by atoms with Crippen LogP contribution in [0.3, 0.4) is 0 Å². The molecule has 0 bridgehead atoms. The smallest absolute Gasteiger partial charge is 0.407 e. The molecule has 0 heterocycles. The molecule has 3 N–H and O–H groups in total. The number of carboxylic acid groups (broad SMARTS) is 1. The maximum atomic E-state index is 12.8. The molecule has 0 spiro atoms. The second-order valence-electron chi connectivity index (χ2n) is 8.23. The van der Waals surface area contributed by atoms with E-state index >= 15 is 0 Å². The largest absolute Gasteiger partial charge is 0.479 e. The van der Waals surface area contributed by atoms with Gasteiger partial charge in [0.1, 0.15) is 12.6 Å². The van der Waals surface area contributed by atoms with E-state index in [0.717, 1.165) is 22.3 Å². The molecule has 0 aliphatic heterocycles. The van der Waals surface area contributed by atoms with Gasteiger partial charge >= 0.3 is 12.1 Å². The Labute approximate surface area is 208 Å². The molecule has 2 atom stereocenters. The Hall–Kier alpha value is -3.84. The van der Waals surface area contributed by atoms with Gasteiger partial charge in [0.2, 0.25) is 5.91 Å². The van der Waals surface area contributed by atoms with Crippen LogP contribution in [-0.2, 0) is 14.3 Å². The van der Waals surface area contributed by atoms with Gasteiger partial charge in [0.25, 0.3) is 0 Å². The van der Waals surface area contributed by atoms with E-state index in [-0.39, 0.29) is 29.5 Å². The van der Waals surface area contributed by atoms with Gasteiger partial charge in [-0.25, -0.2) is 9.59 Å². The lowest BCUT2D eigenvalue weighted by Gasteiger charge is -2.21. The zero-order chi connectivity index (χ0) is 24.9. The summed E-state index contributed by atoms with van der Waals surface area (Å²) in [7, 11) is 0. The molecule has 1 aliphatic carbocycles. The van der Waals surface area contributed by atoms with Crippen molar-refractivity contribution in [3.63, 3.8) is 0 Å². The predicted octanol–water partition coefficient (Wildman–Crippen LogP) is 4.90. The SMILES string of the molecule is CCC(NC(=O)OCC1c2ccccc2-c2ccccc21)C(=O)N[C@@H](C(=O)O)c1ccccc1Cl.